The molecule has 1 aromatic rings. The third-order valence-corrected chi connectivity index (χ3v) is 1.51. The van der Waals surface area contributed by atoms with E-state index in [-0.39, 0.29) is 12.4 Å². The summed E-state index contributed by atoms with van der Waals surface area (Å²) in [6.45, 7) is -0.207. The van der Waals surface area contributed by atoms with Crippen LogP contribution >= 0.6 is 0 Å². The van der Waals surface area contributed by atoms with Gasteiger partial charge in [0.25, 0.3) is 0 Å². The first kappa shape index (κ1) is 10.5. The number of carboxylic acids is 1. The number of hydrogen-bond donors (Lipinski definition) is 2. The highest BCUT2D eigenvalue weighted by Crippen LogP contribution is 2.15. The van der Waals surface area contributed by atoms with E-state index in [0.717, 1.165) is 0 Å². The number of carboxylic acid groups (broad SMARTS) is 1. The van der Waals surface area contributed by atoms with Crippen molar-refractivity contribution in [3.63, 3.8) is 0 Å². The van der Waals surface area contributed by atoms with E-state index in [0.29, 0.717) is 5.56 Å². The van der Waals surface area contributed by atoms with Gasteiger partial charge in [-0.25, -0.2) is 4.79 Å². The van der Waals surface area contributed by atoms with Crippen LogP contribution in [0.15, 0.2) is 24.3 Å². The van der Waals surface area contributed by atoms with Gasteiger partial charge in [-0.15, -0.1) is 0 Å². The summed E-state index contributed by atoms with van der Waals surface area (Å²) in [5.41, 5.74) is 0.528. The fourth-order valence-electron chi connectivity index (χ4n) is 0.887. The molecule has 0 aromatic heterocycles. The standard InChI is InChI=1S/C9H9FO4/c10-8(9(12)13)14-7-3-1-2-6(4-7)5-11/h1-4,8,11H,5H2,(H,12,13). The van der Waals surface area contributed by atoms with Crippen LogP contribution in [-0.4, -0.2) is 22.5 Å². The Labute approximate surface area is 79.6 Å². The molecule has 76 valence electrons. The predicted molar refractivity (Wildman–Crippen MR) is 45.5 cm³/mol. The molecule has 0 spiro atoms. The van der Waals surface area contributed by atoms with E-state index in [2.05, 4.69) is 4.74 Å². The third-order valence-electron chi connectivity index (χ3n) is 1.51. The van der Waals surface area contributed by atoms with E-state index in [1.807, 2.05) is 0 Å². The second-order valence-corrected chi connectivity index (χ2v) is 2.58. The number of ether oxygens (including phenoxy) is 1. The van der Waals surface area contributed by atoms with Crippen LogP contribution in [0, 0.1) is 0 Å². The molecular formula is C9H9FO4. The molecular weight excluding hydrogens is 191 g/mol. The summed E-state index contributed by atoms with van der Waals surface area (Å²) in [6, 6.07) is 5.93. The molecule has 5 heteroatoms. The first-order valence-corrected chi connectivity index (χ1v) is 3.87. The van der Waals surface area contributed by atoms with Crippen LogP contribution < -0.4 is 4.74 Å². The zero-order valence-corrected chi connectivity index (χ0v) is 7.18. The van der Waals surface area contributed by atoms with Crippen LogP contribution in [0.1, 0.15) is 5.56 Å². The number of aliphatic carboxylic acids is 1. The molecule has 0 aliphatic rings. The maximum atomic E-state index is 12.6. The highest BCUT2D eigenvalue weighted by molar-refractivity contribution is 5.70. The normalized spacial score (nSPS) is 12.1. The molecule has 0 radical (unpaired) electrons. The summed E-state index contributed by atoms with van der Waals surface area (Å²) in [5, 5.41) is 17.0. The minimum absolute atomic E-state index is 0.0754. The topological polar surface area (TPSA) is 66.8 Å². The van der Waals surface area contributed by atoms with Gasteiger partial charge >= 0.3 is 12.3 Å². The molecule has 0 fully saturated rings. The number of benzene rings is 1. The van der Waals surface area contributed by atoms with Gasteiger partial charge in [-0.2, -0.15) is 4.39 Å². The quantitative estimate of drug-likeness (QED) is 0.758. The molecule has 1 rings (SSSR count). The summed E-state index contributed by atoms with van der Waals surface area (Å²) in [7, 11) is 0. The molecule has 0 bridgehead atoms. The SMILES string of the molecule is O=C(O)C(F)Oc1cccc(CO)c1. The van der Waals surface area contributed by atoms with E-state index in [9.17, 15) is 9.18 Å². The van der Waals surface area contributed by atoms with E-state index in [4.69, 9.17) is 10.2 Å². The molecule has 0 saturated carbocycles. The van der Waals surface area contributed by atoms with E-state index < -0.39 is 12.3 Å². The van der Waals surface area contributed by atoms with Crippen molar-refractivity contribution in [1.82, 2.24) is 0 Å². The van der Waals surface area contributed by atoms with Crippen molar-refractivity contribution in [2.75, 3.05) is 0 Å². The fraction of sp³-hybridized carbons (Fsp3) is 0.222. The van der Waals surface area contributed by atoms with E-state index >= 15 is 0 Å². The molecule has 0 aliphatic heterocycles. The number of rotatable bonds is 4. The highest BCUT2D eigenvalue weighted by atomic mass is 19.1. The smallest absolute Gasteiger partial charge is 0.378 e. The molecule has 0 heterocycles. The number of aliphatic hydroxyl groups is 1. The lowest BCUT2D eigenvalue weighted by molar-refractivity contribution is -0.153. The Kier molecular flexibility index (Phi) is 3.41. The maximum Gasteiger partial charge on any atom is 0.378 e. The lowest BCUT2D eigenvalue weighted by Gasteiger charge is -2.07. The van der Waals surface area contributed by atoms with Crippen molar-refractivity contribution in [2.24, 2.45) is 0 Å². The van der Waals surface area contributed by atoms with Crippen molar-refractivity contribution in [1.29, 1.82) is 0 Å². The van der Waals surface area contributed by atoms with Crippen molar-refractivity contribution in [3.05, 3.63) is 29.8 Å². The molecule has 0 aliphatic carbocycles. The lowest BCUT2D eigenvalue weighted by Crippen LogP contribution is -2.21. The van der Waals surface area contributed by atoms with Gasteiger partial charge in [0.05, 0.1) is 6.61 Å². The van der Waals surface area contributed by atoms with Gasteiger partial charge in [-0.05, 0) is 17.7 Å². The maximum absolute atomic E-state index is 12.6. The first-order valence-electron chi connectivity index (χ1n) is 3.87. The lowest BCUT2D eigenvalue weighted by atomic mass is 10.2. The Bertz CT molecular complexity index is 326. The summed E-state index contributed by atoms with van der Waals surface area (Å²) >= 11 is 0. The minimum Gasteiger partial charge on any atom is -0.476 e. The summed E-state index contributed by atoms with van der Waals surface area (Å²) < 4.78 is 17.0. The highest BCUT2D eigenvalue weighted by Gasteiger charge is 2.16. The van der Waals surface area contributed by atoms with Crippen molar-refractivity contribution in [2.45, 2.75) is 13.0 Å². The summed E-state index contributed by atoms with van der Waals surface area (Å²) in [5.74, 6) is -1.61. The molecule has 14 heavy (non-hydrogen) atoms. The number of aliphatic hydroxyl groups excluding tert-OH is 1. The van der Waals surface area contributed by atoms with Crippen LogP contribution in [-0.2, 0) is 11.4 Å². The molecule has 0 saturated heterocycles. The summed E-state index contributed by atoms with van der Waals surface area (Å²) in [4.78, 5) is 10.1. The van der Waals surface area contributed by atoms with Crippen molar-refractivity contribution < 1.29 is 24.1 Å². The monoisotopic (exact) mass is 200 g/mol. The molecule has 4 nitrogen and oxygen atoms in total. The Morgan fingerprint density at radius 3 is 2.86 bits per heavy atom. The molecule has 2 N–H and O–H groups in total. The van der Waals surface area contributed by atoms with Crippen LogP contribution in [0.3, 0.4) is 0 Å². The van der Waals surface area contributed by atoms with Crippen LogP contribution in [0.2, 0.25) is 0 Å². The average Bonchev–Trinajstić information content (AvgIpc) is 2.18. The molecule has 1 aromatic carbocycles. The number of alkyl halides is 1. The van der Waals surface area contributed by atoms with Gasteiger partial charge in [-0.3, -0.25) is 0 Å². The second kappa shape index (κ2) is 4.57. The fourth-order valence-corrected chi connectivity index (χ4v) is 0.887. The zero-order chi connectivity index (χ0) is 10.6. The van der Waals surface area contributed by atoms with Gasteiger partial charge in [-0.1, -0.05) is 12.1 Å². The Morgan fingerprint density at radius 1 is 1.57 bits per heavy atom. The van der Waals surface area contributed by atoms with Crippen LogP contribution in [0.5, 0.6) is 5.75 Å². The largest absolute Gasteiger partial charge is 0.476 e. The summed E-state index contributed by atoms with van der Waals surface area (Å²) in [6.07, 6.45) is -2.39. The van der Waals surface area contributed by atoms with Gasteiger partial charge in [0, 0.05) is 0 Å². The van der Waals surface area contributed by atoms with Gasteiger partial charge in [0.15, 0.2) is 0 Å². The van der Waals surface area contributed by atoms with Crippen LogP contribution in [0.25, 0.3) is 0 Å². The van der Waals surface area contributed by atoms with Crippen molar-refractivity contribution in [3.8, 4) is 5.75 Å². The Hall–Kier alpha value is -1.62. The predicted octanol–water partition coefficient (Wildman–Crippen LogP) is 0.938. The zero-order valence-electron chi connectivity index (χ0n) is 7.18. The van der Waals surface area contributed by atoms with Gasteiger partial charge in [0.1, 0.15) is 5.75 Å². The molecule has 1 unspecified atom stereocenters. The third kappa shape index (κ3) is 2.70. The Balaban J connectivity index is 2.71. The number of hydrogen-bond acceptors (Lipinski definition) is 3. The molecule has 1 atom stereocenters. The van der Waals surface area contributed by atoms with E-state index in [1.165, 1.54) is 18.2 Å². The van der Waals surface area contributed by atoms with E-state index in [1.54, 1.807) is 6.07 Å². The van der Waals surface area contributed by atoms with Crippen LogP contribution in [0.4, 0.5) is 4.39 Å². The molecule has 0 amide bonds. The first-order chi connectivity index (χ1) is 6.63. The minimum atomic E-state index is -2.39. The number of halogens is 1. The average molecular weight is 200 g/mol. The number of carbonyl (C=O) groups is 1. The van der Waals surface area contributed by atoms with Gasteiger partial charge < -0.3 is 14.9 Å². The second-order valence-electron chi connectivity index (χ2n) is 2.58. The Morgan fingerprint density at radius 2 is 2.29 bits per heavy atom. The van der Waals surface area contributed by atoms with Gasteiger partial charge in [0.2, 0.25) is 0 Å². The van der Waals surface area contributed by atoms with Crippen molar-refractivity contribution >= 4 is 5.97 Å².